The van der Waals surface area contributed by atoms with Crippen LogP contribution in [0.15, 0.2) is 24.3 Å². The molecule has 0 bridgehead atoms. The monoisotopic (exact) mass is 217 g/mol. The SMILES string of the molecule is CC#CCC(NCC)c1cccc(OC)c1. The maximum Gasteiger partial charge on any atom is 0.119 e. The van der Waals surface area contributed by atoms with E-state index in [1.54, 1.807) is 7.11 Å². The fourth-order valence-corrected chi connectivity index (χ4v) is 1.62. The summed E-state index contributed by atoms with van der Waals surface area (Å²) in [4.78, 5) is 0. The van der Waals surface area contributed by atoms with Gasteiger partial charge in [-0.25, -0.2) is 0 Å². The second kappa shape index (κ2) is 6.92. The minimum atomic E-state index is 0.285. The molecule has 86 valence electrons. The summed E-state index contributed by atoms with van der Waals surface area (Å²) >= 11 is 0. The first-order chi connectivity index (χ1) is 7.81. The molecule has 0 saturated carbocycles. The largest absolute Gasteiger partial charge is 0.497 e. The Kier molecular flexibility index (Phi) is 5.45. The maximum atomic E-state index is 5.22. The topological polar surface area (TPSA) is 21.3 Å². The van der Waals surface area contributed by atoms with Gasteiger partial charge in [-0.2, -0.15) is 0 Å². The standard InChI is InChI=1S/C14H19NO/c1-4-6-10-14(15-5-2)12-8-7-9-13(11-12)16-3/h7-9,11,14-15H,5,10H2,1-3H3. The summed E-state index contributed by atoms with van der Waals surface area (Å²) in [5.41, 5.74) is 1.23. The highest BCUT2D eigenvalue weighted by Gasteiger charge is 2.09. The van der Waals surface area contributed by atoms with Gasteiger partial charge in [0, 0.05) is 12.5 Å². The lowest BCUT2D eigenvalue weighted by atomic mass is 10.0. The van der Waals surface area contributed by atoms with Gasteiger partial charge >= 0.3 is 0 Å². The van der Waals surface area contributed by atoms with E-state index in [-0.39, 0.29) is 6.04 Å². The van der Waals surface area contributed by atoms with Crippen molar-refractivity contribution in [3.8, 4) is 17.6 Å². The maximum absolute atomic E-state index is 5.22. The van der Waals surface area contributed by atoms with Crippen LogP contribution in [0.1, 0.15) is 31.9 Å². The van der Waals surface area contributed by atoms with Gasteiger partial charge in [-0.05, 0) is 31.2 Å². The van der Waals surface area contributed by atoms with E-state index in [2.05, 4.69) is 36.2 Å². The Morgan fingerprint density at radius 3 is 2.88 bits per heavy atom. The minimum Gasteiger partial charge on any atom is -0.497 e. The second-order valence-electron chi connectivity index (χ2n) is 3.52. The molecule has 0 aliphatic rings. The van der Waals surface area contributed by atoms with E-state index in [0.717, 1.165) is 18.7 Å². The third-order valence-electron chi connectivity index (χ3n) is 2.43. The van der Waals surface area contributed by atoms with Gasteiger partial charge in [0.05, 0.1) is 7.11 Å². The smallest absolute Gasteiger partial charge is 0.119 e. The number of methoxy groups -OCH3 is 1. The number of rotatable bonds is 5. The molecule has 0 amide bonds. The zero-order chi connectivity index (χ0) is 11.8. The molecule has 1 atom stereocenters. The van der Waals surface area contributed by atoms with E-state index < -0.39 is 0 Å². The highest BCUT2D eigenvalue weighted by atomic mass is 16.5. The molecule has 0 aromatic heterocycles. The predicted octanol–water partition coefficient (Wildman–Crippen LogP) is 2.76. The molecule has 0 fully saturated rings. The van der Waals surface area contributed by atoms with Gasteiger partial charge in [0.25, 0.3) is 0 Å². The zero-order valence-electron chi connectivity index (χ0n) is 10.2. The van der Waals surface area contributed by atoms with E-state index >= 15 is 0 Å². The molecule has 0 aliphatic carbocycles. The normalized spacial score (nSPS) is 11.4. The molecule has 16 heavy (non-hydrogen) atoms. The van der Waals surface area contributed by atoms with E-state index in [4.69, 9.17) is 4.74 Å². The fourth-order valence-electron chi connectivity index (χ4n) is 1.62. The van der Waals surface area contributed by atoms with E-state index in [0.29, 0.717) is 0 Å². The second-order valence-corrected chi connectivity index (χ2v) is 3.52. The van der Waals surface area contributed by atoms with Crippen molar-refractivity contribution in [3.63, 3.8) is 0 Å². The molecule has 0 aliphatic heterocycles. The van der Waals surface area contributed by atoms with Crippen LogP contribution in [0, 0.1) is 11.8 Å². The van der Waals surface area contributed by atoms with Crippen LogP contribution in [0.4, 0.5) is 0 Å². The lowest BCUT2D eigenvalue weighted by Gasteiger charge is -2.16. The van der Waals surface area contributed by atoms with Crippen molar-refractivity contribution < 1.29 is 4.74 Å². The Hall–Kier alpha value is -1.46. The Bertz CT molecular complexity index is 376. The Morgan fingerprint density at radius 1 is 1.44 bits per heavy atom. The van der Waals surface area contributed by atoms with Crippen molar-refractivity contribution in [1.82, 2.24) is 5.32 Å². The zero-order valence-corrected chi connectivity index (χ0v) is 10.2. The predicted molar refractivity (Wildman–Crippen MR) is 67.5 cm³/mol. The molecule has 1 N–H and O–H groups in total. The van der Waals surface area contributed by atoms with Gasteiger partial charge in [-0.15, -0.1) is 11.8 Å². The molecule has 0 radical (unpaired) electrons. The molecule has 2 heteroatoms. The molecule has 1 unspecified atom stereocenters. The molecule has 1 rings (SSSR count). The molecule has 0 saturated heterocycles. The number of hydrogen-bond donors (Lipinski definition) is 1. The lowest BCUT2D eigenvalue weighted by molar-refractivity contribution is 0.413. The molecule has 0 spiro atoms. The summed E-state index contributed by atoms with van der Waals surface area (Å²) in [5, 5.41) is 3.43. The Morgan fingerprint density at radius 2 is 2.25 bits per heavy atom. The van der Waals surface area contributed by atoms with Crippen molar-refractivity contribution in [1.29, 1.82) is 0 Å². The number of nitrogens with one attached hydrogen (secondary N) is 1. The summed E-state index contributed by atoms with van der Waals surface area (Å²) in [5.74, 6) is 6.94. The molecule has 0 heterocycles. The van der Waals surface area contributed by atoms with Crippen LogP contribution in [0.2, 0.25) is 0 Å². The quantitative estimate of drug-likeness (QED) is 0.766. The lowest BCUT2D eigenvalue weighted by Crippen LogP contribution is -2.20. The van der Waals surface area contributed by atoms with Gasteiger partial charge in [-0.1, -0.05) is 19.1 Å². The van der Waals surface area contributed by atoms with Crippen LogP contribution in [0.25, 0.3) is 0 Å². The van der Waals surface area contributed by atoms with Crippen molar-refractivity contribution in [2.75, 3.05) is 13.7 Å². The molecular weight excluding hydrogens is 198 g/mol. The average molecular weight is 217 g/mol. The third-order valence-corrected chi connectivity index (χ3v) is 2.43. The summed E-state index contributed by atoms with van der Waals surface area (Å²) in [6, 6.07) is 8.42. The highest BCUT2D eigenvalue weighted by Crippen LogP contribution is 2.21. The molecule has 1 aromatic carbocycles. The van der Waals surface area contributed by atoms with Gasteiger partial charge in [0.1, 0.15) is 5.75 Å². The molecular formula is C14H19NO. The van der Waals surface area contributed by atoms with Crippen LogP contribution >= 0.6 is 0 Å². The first kappa shape index (κ1) is 12.6. The summed E-state index contributed by atoms with van der Waals surface area (Å²) in [7, 11) is 1.69. The van der Waals surface area contributed by atoms with Crippen molar-refractivity contribution >= 4 is 0 Å². The Balaban J connectivity index is 2.84. The fraction of sp³-hybridized carbons (Fsp3) is 0.429. The first-order valence-electron chi connectivity index (χ1n) is 5.58. The number of ether oxygens (including phenoxy) is 1. The molecule has 1 aromatic rings. The van der Waals surface area contributed by atoms with Crippen LogP contribution < -0.4 is 10.1 Å². The van der Waals surface area contributed by atoms with Gasteiger partial charge in [0.2, 0.25) is 0 Å². The van der Waals surface area contributed by atoms with Crippen molar-refractivity contribution in [2.45, 2.75) is 26.3 Å². The van der Waals surface area contributed by atoms with Gasteiger partial charge in [-0.3, -0.25) is 0 Å². The summed E-state index contributed by atoms with van der Waals surface area (Å²) in [6.07, 6.45) is 0.831. The van der Waals surface area contributed by atoms with Gasteiger partial charge in [0.15, 0.2) is 0 Å². The summed E-state index contributed by atoms with van der Waals surface area (Å²) in [6.45, 7) is 4.91. The van der Waals surface area contributed by atoms with Gasteiger partial charge < -0.3 is 10.1 Å². The highest BCUT2D eigenvalue weighted by molar-refractivity contribution is 5.31. The van der Waals surface area contributed by atoms with E-state index in [9.17, 15) is 0 Å². The van der Waals surface area contributed by atoms with Crippen LogP contribution in [0.3, 0.4) is 0 Å². The molecule has 2 nitrogen and oxygen atoms in total. The van der Waals surface area contributed by atoms with Crippen LogP contribution in [0.5, 0.6) is 5.75 Å². The summed E-state index contributed by atoms with van der Waals surface area (Å²) < 4.78 is 5.22. The Labute approximate surface area is 98.0 Å². The van der Waals surface area contributed by atoms with Crippen molar-refractivity contribution in [2.24, 2.45) is 0 Å². The van der Waals surface area contributed by atoms with E-state index in [1.165, 1.54) is 5.56 Å². The van der Waals surface area contributed by atoms with E-state index in [1.807, 2.05) is 19.1 Å². The first-order valence-corrected chi connectivity index (χ1v) is 5.58. The third kappa shape index (κ3) is 3.60. The number of benzene rings is 1. The number of hydrogen-bond acceptors (Lipinski definition) is 2. The van der Waals surface area contributed by atoms with Crippen molar-refractivity contribution in [3.05, 3.63) is 29.8 Å². The van der Waals surface area contributed by atoms with Crippen LogP contribution in [-0.2, 0) is 0 Å². The van der Waals surface area contributed by atoms with Crippen LogP contribution in [-0.4, -0.2) is 13.7 Å². The average Bonchev–Trinajstić information content (AvgIpc) is 2.34. The minimum absolute atomic E-state index is 0.285.